The van der Waals surface area contributed by atoms with Crippen molar-refractivity contribution in [1.82, 2.24) is 0 Å². The summed E-state index contributed by atoms with van der Waals surface area (Å²) in [6.45, 7) is 3.64. The Kier molecular flexibility index (Phi) is 3.32. The van der Waals surface area contributed by atoms with Crippen LogP contribution >= 0.6 is 0 Å². The highest BCUT2D eigenvalue weighted by atomic mass is 32.2. The minimum absolute atomic E-state index is 0.0194. The lowest BCUT2D eigenvalue weighted by atomic mass is 10.0. The van der Waals surface area contributed by atoms with E-state index in [1.54, 1.807) is 0 Å². The first-order valence-corrected chi connectivity index (χ1v) is 6.61. The zero-order valence-electron chi connectivity index (χ0n) is 9.30. The maximum atomic E-state index is 11.3. The SMILES string of the molecule is CC(C)c1ccc(S(C)(=O)=O)cc1[N+](=O)[O-]. The molecular weight excluding hydrogens is 230 g/mol. The molecule has 0 amide bonds. The van der Waals surface area contributed by atoms with Crippen molar-refractivity contribution in [1.29, 1.82) is 0 Å². The van der Waals surface area contributed by atoms with Crippen LogP contribution < -0.4 is 0 Å². The third kappa shape index (κ3) is 2.57. The van der Waals surface area contributed by atoms with Gasteiger partial charge in [0.2, 0.25) is 0 Å². The molecule has 0 aliphatic rings. The number of hydrogen-bond donors (Lipinski definition) is 0. The Labute approximate surface area is 94.2 Å². The Balaban J connectivity index is 3.46. The molecule has 6 heteroatoms. The molecule has 0 heterocycles. The smallest absolute Gasteiger partial charge is 0.258 e. The molecule has 0 fully saturated rings. The van der Waals surface area contributed by atoms with Crippen molar-refractivity contribution in [2.75, 3.05) is 6.26 Å². The fourth-order valence-electron chi connectivity index (χ4n) is 1.40. The minimum atomic E-state index is -3.41. The van der Waals surface area contributed by atoms with E-state index in [9.17, 15) is 18.5 Å². The Morgan fingerprint density at radius 1 is 1.31 bits per heavy atom. The molecule has 16 heavy (non-hydrogen) atoms. The third-order valence-corrected chi connectivity index (χ3v) is 3.36. The van der Waals surface area contributed by atoms with Crippen molar-refractivity contribution in [3.05, 3.63) is 33.9 Å². The summed E-state index contributed by atoms with van der Waals surface area (Å²) >= 11 is 0. The molecule has 0 aliphatic heterocycles. The van der Waals surface area contributed by atoms with Gasteiger partial charge in [-0.25, -0.2) is 8.42 Å². The lowest BCUT2D eigenvalue weighted by Crippen LogP contribution is -2.02. The molecule has 0 atom stereocenters. The summed E-state index contributed by atoms with van der Waals surface area (Å²) in [5.74, 6) is -0.0194. The van der Waals surface area contributed by atoms with Gasteiger partial charge < -0.3 is 0 Å². The van der Waals surface area contributed by atoms with Gasteiger partial charge in [0.15, 0.2) is 9.84 Å². The van der Waals surface area contributed by atoms with E-state index < -0.39 is 14.8 Å². The molecule has 5 nitrogen and oxygen atoms in total. The van der Waals surface area contributed by atoms with Crippen LogP contribution in [0.2, 0.25) is 0 Å². The van der Waals surface area contributed by atoms with Gasteiger partial charge in [-0.3, -0.25) is 10.1 Å². The molecule has 1 rings (SSSR count). The summed E-state index contributed by atoms with van der Waals surface area (Å²) in [4.78, 5) is 10.2. The van der Waals surface area contributed by atoms with Crippen molar-refractivity contribution in [3.8, 4) is 0 Å². The van der Waals surface area contributed by atoms with Gasteiger partial charge in [0.05, 0.1) is 9.82 Å². The second kappa shape index (κ2) is 4.21. The molecule has 1 aromatic carbocycles. The standard InChI is InChI=1S/C10H13NO4S/c1-7(2)9-5-4-8(16(3,14)15)6-10(9)11(12)13/h4-7H,1-3H3. The molecular formula is C10H13NO4S. The summed E-state index contributed by atoms with van der Waals surface area (Å²) in [6.07, 6.45) is 1.03. The largest absolute Gasteiger partial charge is 0.274 e. The van der Waals surface area contributed by atoms with Gasteiger partial charge in [-0.1, -0.05) is 19.9 Å². The third-order valence-electron chi connectivity index (χ3n) is 2.25. The van der Waals surface area contributed by atoms with E-state index in [4.69, 9.17) is 0 Å². The number of rotatable bonds is 3. The Bertz CT molecular complexity index is 520. The van der Waals surface area contributed by atoms with Crippen LogP contribution in [0, 0.1) is 10.1 Å². The molecule has 0 saturated heterocycles. The van der Waals surface area contributed by atoms with Crippen molar-refractivity contribution < 1.29 is 13.3 Å². The van der Waals surface area contributed by atoms with Crippen molar-refractivity contribution in [2.24, 2.45) is 0 Å². The lowest BCUT2D eigenvalue weighted by molar-refractivity contribution is -0.385. The maximum Gasteiger partial charge on any atom is 0.274 e. The number of hydrogen-bond acceptors (Lipinski definition) is 4. The molecule has 0 saturated carbocycles. The predicted octanol–water partition coefficient (Wildman–Crippen LogP) is 2.12. The Morgan fingerprint density at radius 2 is 1.88 bits per heavy atom. The average molecular weight is 243 g/mol. The van der Waals surface area contributed by atoms with Crippen LogP contribution in [0.25, 0.3) is 0 Å². The van der Waals surface area contributed by atoms with Crippen LogP contribution in [-0.4, -0.2) is 19.6 Å². The van der Waals surface area contributed by atoms with Crippen LogP contribution in [0.5, 0.6) is 0 Å². The maximum absolute atomic E-state index is 11.3. The van der Waals surface area contributed by atoms with Gasteiger partial charge in [0.25, 0.3) is 5.69 Å². The van der Waals surface area contributed by atoms with E-state index in [1.165, 1.54) is 12.1 Å². The fourth-order valence-corrected chi connectivity index (χ4v) is 2.04. The predicted molar refractivity (Wildman–Crippen MR) is 60.3 cm³/mol. The zero-order valence-corrected chi connectivity index (χ0v) is 10.1. The van der Waals surface area contributed by atoms with E-state index in [-0.39, 0.29) is 16.5 Å². The van der Waals surface area contributed by atoms with Crippen molar-refractivity contribution in [3.63, 3.8) is 0 Å². The van der Waals surface area contributed by atoms with Gasteiger partial charge in [-0.15, -0.1) is 0 Å². The van der Waals surface area contributed by atoms with Crippen LogP contribution in [0.4, 0.5) is 5.69 Å². The second-order valence-electron chi connectivity index (χ2n) is 3.90. The lowest BCUT2D eigenvalue weighted by Gasteiger charge is -2.07. The zero-order chi connectivity index (χ0) is 12.5. The summed E-state index contributed by atoms with van der Waals surface area (Å²) in [6, 6.07) is 4.02. The molecule has 0 radical (unpaired) electrons. The number of sulfone groups is 1. The van der Waals surface area contributed by atoms with Gasteiger partial charge in [0.1, 0.15) is 0 Å². The molecule has 0 aliphatic carbocycles. The van der Waals surface area contributed by atoms with Gasteiger partial charge in [0, 0.05) is 17.9 Å². The van der Waals surface area contributed by atoms with E-state index in [0.29, 0.717) is 5.56 Å². The number of nitro benzene ring substituents is 1. The van der Waals surface area contributed by atoms with E-state index >= 15 is 0 Å². The first-order chi connectivity index (χ1) is 7.23. The monoisotopic (exact) mass is 243 g/mol. The molecule has 0 aromatic heterocycles. The van der Waals surface area contributed by atoms with E-state index in [1.807, 2.05) is 13.8 Å². The van der Waals surface area contributed by atoms with E-state index in [2.05, 4.69) is 0 Å². The first-order valence-electron chi connectivity index (χ1n) is 4.72. The number of benzene rings is 1. The highest BCUT2D eigenvalue weighted by molar-refractivity contribution is 7.90. The molecule has 0 spiro atoms. The summed E-state index contributed by atoms with van der Waals surface area (Å²) in [5, 5.41) is 10.8. The highest BCUT2D eigenvalue weighted by Crippen LogP contribution is 2.28. The Morgan fingerprint density at radius 3 is 2.25 bits per heavy atom. The Hall–Kier alpha value is -1.43. The molecule has 0 N–H and O–H groups in total. The average Bonchev–Trinajstić information content (AvgIpc) is 2.15. The van der Waals surface area contributed by atoms with Crippen molar-refractivity contribution >= 4 is 15.5 Å². The van der Waals surface area contributed by atoms with Gasteiger partial charge in [-0.2, -0.15) is 0 Å². The molecule has 1 aromatic rings. The summed E-state index contributed by atoms with van der Waals surface area (Å²) < 4.78 is 22.5. The topological polar surface area (TPSA) is 77.3 Å². The molecule has 0 unspecified atom stereocenters. The minimum Gasteiger partial charge on any atom is -0.258 e. The summed E-state index contributed by atoms with van der Waals surface area (Å²) in [5.41, 5.74) is 0.398. The van der Waals surface area contributed by atoms with Crippen LogP contribution in [0.3, 0.4) is 0 Å². The summed E-state index contributed by atoms with van der Waals surface area (Å²) in [7, 11) is -3.41. The van der Waals surface area contributed by atoms with Crippen molar-refractivity contribution in [2.45, 2.75) is 24.7 Å². The normalized spacial score (nSPS) is 11.8. The quantitative estimate of drug-likeness (QED) is 0.601. The van der Waals surface area contributed by atoms with Gasteiger partial charge in [-0.05, 0) is 12.0 Å². The number of nitro groups is 1. The fraction of sp³-hybridized carbons (Fsp3) is 0.400. The van der Waals surface area contributed by atoms with Crippen LogP contribution in [0.15, 0.2) is 23.1 Å². The first kappa shape index (κ1) is 12.6. The molecule has 0 bridgehead atoms. The van der Waals surface area contributed by atoms with E-state index in [0.717, 1.165) is 12.3 Å². The van der Waals surface area contributed by atoms with Gasteiger partial charge >= 0.3 is 0 Å². The number of nitrogens with zero attached hydrogens (tertiary/aromatic N) is 1. The highest BCUT2D eigenvalue weighted by Gasteiger charge is 2.19. The molecule has 88 valence electrons. The second-order valence-corrected chi connectivity index (χ2v) is 5.92. The van der Waals surface area contributed by atoms with Crippen LogP contribution in [0.1, 0.15) is 25.3 Å². The van der Waals surface area contributed by atoms with Crippen LogP contribution in [-0.2, 0) is 9.84 Å².